The predicted octanol–water partition coefficient (Wildman–Crippen LogP) is 3.17. The molecule has 2 aromatic carbocycles. The van der Waals surface area contributed by atoms with Gasteiger partial charge in [0.25, 0.3) is 0 Å². The molecule has 0 bridgehead atoms. The van der Waals surface area contributed by atoms with Crippen molar-refractivity contribution in [3.05, 3.63) is 80.2 Å². The molecule has 1 aromatic heterocycles. The molecule has 27 heavy (non-hydrogen) atoms. The first-order valence-electron chi connectivity index (χ1n) is 8.75. The standard InChI is InChI=1S/C21H19ClN2O3/c1-12-6-19-16(9-17(12)22)15(8-20(25)27-19)11-24-10-14-5-3-2-4-13(14)7-18(24)21(23)26/h2-6,8-9,18H,7,10-11H2,1H3,(H2,23,26)/t18-/m0/s1. The van der Waals surface area contributed by atoms with Crippen LogP contribution in [0.3, 0.4) is 0 Å². The number of nitrogens with two attached hydrogens (primary N) is 1. The van der Waals surface area contributed by atoms with Crippen molar-refractivity contribution in [1.29, 1.82) is 0 Å². The first-order chi connectivity index (χ1) is 12.9. The normalized spacial score (nSPS) is 17.0. The van der Waals surface area contributed by atoms with E-state index in [1.54, 1.807) is 6.07 Å². The third kappa shape index (κ3) is 3.36. The number of hydrogen-bond donors (Lipinski definition) is 1. The van der Waals surface area contributed by atoms with E-state index in [0.717, 1.165) is 27.6 Å². The Hall–Kier alpha value is -2.63. The van der Waals surface area contributed by atoms with Crippen LogP contribution in [0.15, 0.2) is 51.7 Å². The van der Waals surface area contributed by atoms with Crippen molar-refractivity contribution in [2.24, 2.45) is 5.73 Å². The van der Waals surface area contributed by atoms with Crippen LogP contribution in [0.4, 0.5) is 0 Å². The summed E-state index contributed by atoms with van der Waals surface area (Å²) in [6, 6.07) is 12.6. The molecular weight excluding hydrogens is 364 g/mol. The number of halogens is 1. The summed E-state index contributed by atoms with van der Waals surface area (Å²) in [4.78, 5) is 26.1. The lowest BCUT2D eigenvalue weighted by Crippen LogP contribution is -2.48. The van der Waals surface area contributed by atoms with Gasteiger partial charge in [0.1, 0.15) is 5.58 Å². The van der Waals surface area contributed by atoms with E-state index in [-0.39, 0.29) is 5.91 Å². The highest BCUT2D eigenvalue weighted by molar-refractivity contribution is 6.32. The molecule has 0 spiro atoms. The molecule has 0 unspecified atom stereocenters. The molecule has 1 amide bonds. The summed E-state index contributed by atoms with van der Waals surface area (Å²) in [5.41, 5.74) is 9.65. The monoisotopic (exact) mass is 382 g/mol. The smallest absolute Gasteiger partial charge is 0.336 e. The van der Waals surface area contributed by atoms with E-state index >= 15 is 0 Å². The summed E-state index contributed by atoms with van der Waals surface area (Å²) >= 11 is 6.28. The minimum Gasteiger partial charge on any atom is -0.423 e. The fraction of sp³-hybridized carbons (Fsp3) is 0.238. The van der Waals surface area contributed by atoms with Gasteiger partial charge >= 0.3 is 5.63 Å². The van der Waals surface area contributed by atoms with Crippen molar-refractivity contribution >= 4 is 28.5 Å². The van der Waals surface area contributed by atoms with E-state index in [0.29, 0.717) is 30.1 Å². The van der Waals surface area contributed by atoms with Crippen molar-refractivity contribution in [2.75, 3.05) is 0 Å². The Morgan fingerprint density at radius 2 is 2.00 bits per heavy atom. The van der Waals surface area contributed by atoms with Crippen molar-refractivity contribution in [3.63, 3.8) is 0 Å². The summed E-state index contributed by atoms with van der Waals surface area (Å²) in [7, 11) is 0. The molecule has 0 saturated heterocycles. The summed E-state index contributed by atoms with van der Waals surface area (Å²) in [6.07, 6.45) is 0.560. The number of rotatable bonds is 3. The summed E-state index contributed by atoms with van der Waals surface area (Å²) in [5.74, 6) is -0.370. The SMILES string of the molecule is Cc1cc2oc(=O)cc(CN3Cc4ccccc4C[C@H]3C(N)=O)c2cc1Cl. The number of nitrogens with zero attached hydrogens (tertiary/aromatic N) is 1. The minimum atomic E-state index is -0.428. The van der Waals surface area contributed by atoms with E-state index < -0.39 is 11.7 Å². The zero-order chi connectivity index (χ0) is 19.1. The lowest BCUT2D eigenvalue weighted by molar-refractivity contribution is -0.124. The highest BCUT2D eigenvalue weighted by Gasteiger charge is 2.30. The van der Waals surface area contributed by atoms with Gasteiger partial charge in [-0.1, -0.05) is 35.9 Å². The molecule has 3 aromatic rings. The maximum atomic E-state index is 12.1. The largest absolute Gasteiger partial charge is 0.423 e. The molecule has 1 aliphatic rings. The average Bonchev–Trinajstić information content (AvgIpc) is 2.62. The van der Waals surface area contributed by atoms with E-state index in [1.165, 1.54) is 6.07 Å². The van der Waals surface area contributed by atoms with E-state index in [4.69, 9.17) is 21.8 Å². The number of fused-ring (bicyclic) bond motifs is 2. The number of carbonyl (C=O) groups is 1. The number of benzene rings is 2. The van der Waals surface area contributed by atoms with E-state index in [9.17, 15) is 9.59 Å². The topological polar surface area (TPSA) is 76.5 Å². The van der Waals surface area contributed by atoms with Crippen LogP contribution in [0, 0.1) is 6.92 Å². The van der Waals surface area contributed by atoms with Crippen LogP contribution in [-0.4, -0.2) is 16.8 Å². The molecule has 1 atom stereocenters. The van der Waals surface area contributed by atoms with Gasteiger partial charge < -0.3 is 10.2 Å². The van der Waals surface area contributed by atoms with Gasteiger partial charge in [0.05, 0.1) is 6.04 Å². The van der Waals surface area contributed by atoms with Crippen LogP contribution >= 0.6 is 11.6 Å². The van der Waals surface area contributed by atoms with Crippen LogP contribution in [-0.2, 0) is 24.3 Å². The van der Waals surface area contributed by atoms with Gasteiger partial charge in [-0.25, -0.2) is 4.79 Å². The van der Waals surface area contributed by atoms with Gasteiger partial charge in [0.15, 0.2) is 0 Å². The maximum Gasteiger partial charge on any atom is 0.336 e. The first kappa shape index (κ1) is 17.8. The van der Waals surface area contributed by atoms with Crippen LogP contribution in [0.1, 0.15) is 22.3 Å². The molecule has 0 saturated carbocycles. The molecule has 4 rings (SSSR count). The van der Waals surface area contributed by atoms with Crippen LogP contribution in [0.5, 0.6) is 0 Å². The Bertz CT molecular complexity index is 1110. The Morgan fingerprint density at radius 3 is 2.74 bits per heavy atom. The maximum absolute atomic E-state index is 12.1. The van der Waals surface area contributed by atoms with Gasteiger partial charge in [-0.3, -0.25) is 9.69 Å². The molecule has 0 radical (unpaired) electrons. The first-order valence-corrected chi connectivity index (χ1v) is 9.13. The lowest BCUT2D eigenvalue weighted by Gasteiger charge is -2.35. The van der Waals surface area contributed by atoms with Crippen molar-refractivity contribution < 1.29 is 9.21 Å². The van der Waals surface area contributed by atoms with Crippen LogP contribution in [0.2, 0.25) is 5.02 Å². The average molecular weight is 383 g/mol. The number of aryl methyl sites for hydroxylation is 1. The van der Waals surface area contributed by atoms with Gasteiger partial charge in [-0.15, -0.1) is 0 Å². The number of amides is 1. The quantitative estimate of drug-likeness (QED) is 0.706. The Balaban J connectivity index is 1.77. The Morgan fingerprint density at radius 1 is 1.26 bits per heavy atom. The molecule has 0 fully saturated rings. The number of carbonyl (C=O) groups excluding carboxylic acids is 1. The van der Waals surface area contributed by atoms with Crippen molar-refractivity contribution in [3.8, 4) is 0 Å². The second kappa shape index (κ2) is 6.83. The predicted molar refractivity (Wildman–Crippen MR) is 105 cm³/mol. The van der Waals surface area contributed by atoms with Crippen LogP contribution < -0.4 is 11.4 Å². The summed E-state index contributed by atoms with van der Waals surface area (Å²) in [6.45, 7) is 2.85. The second-order valence-corrected chi connectivity index (χ2v) is 7.39. The van der Waals surface area contributed by atoms with Gasteiger partial charge in [-0.05, 0) is 47.7 Å². The zero-order valence-corrected chi connectivity index (χ0v) is 15.6. The molecule has 0 aliphatic carbocycles. The van der Waals surface area contributed by atoms with Crippen LogP contribution in [0.25, 0.3) is 11.0 Å². The van der Waals surface area contributed by atoms with E-state index in [2.05, 4.69) is 6.07 Å². The highest BCUT2D eigenvalue weighted by atomic mass is 35.5. The fourth-order valence-corrected chi connectivity index (χ4v) is 3.89. The Kier molecular flexibility index (Phi) is 4.50. The third-order valence-electron chi connectivity index (χ3n) is 5.16. The number of primary amides is 1. The minimum absolute atomic E-state index is 0.370. The summed E-state index contributed by atoms with van der Waals surface area (Å²) < 4.78 is 5.33. The van der Waals surface area contributed by atoms with Gasteiger partial charge in [0.2, 0.25) is 5.91 Å². The molecule has 1 aliphatic heterocycles. The van der Waals surface area contributed by atoms with E-state index in [1.807, 2.05) is 36.1 Å². The molecule has 138 valence electrons. The molecule has 2 heterocycles. The molecular formula is C21H19ClN2O3. The molecule has 6 heteroatoms. The molecule has 5 nitrogen and oxygen atoms in total. The zero-order valence-electron chi connectivity index (χ0n) is 14.9. The van der Waals surface area contributed by atoms with Crippen molar-refractivity contribution in [1.82, 2.24) is 4.90 Å². The van der Waals surface area contributed by atoms with Gasteiger partial charge in [0, 0.05) is 29.6 Å². The summed E-state index contributed by atoms with van der Waals surface area (Å²) in [5, 5.41) is 1.38. The third-order valence-corrected chi connectivity index (χ3v) is 5.56. The second-order valence-electron chi connectivity index (χ2n) is 6.98. The number of hydrogen-bond acceptors (Lipinski definition) is 4. The molecule has 2 N–H and O–H groups in total. The Labute approximate surface area is 161 Å². The van der Waals surface area contributed by atoms with Crippen molar-refractivity contribution in [2.45, 2.75) is 32.5 Å². The fourth-order valence-electron chi connectivity index (χ4n) is 3.72. The highest BCUT2D eigenvalue weighted by Crippen LogP contribution is 2.29. The van der Waals surface area contributed by atoms with Gasteiger partial charge in [-0.2, -0.15) is 0 Å². The lowest BCUT2D eigenvalue weighted by atomic mass is 9.93.